The van der Waals surface area contributed by atoms with Crippen molar-refractivity contribution >= 4 is 29.8 Å². The van der Waals surface area contributed by atoms with Gasteiger partial charge in [0.25, 0.3) is 5.91 Å². The number of amides is 5. The second kappa shape index (κ2) is 7.71. The third-order valence-electron chi connectivity index (χ3n) is 5.63. The Bertz CT molecular complexity index is 1100. The number of hydrogen-bond donors (Lipinski definition) is 2. The Balaban J connectivity index is 1.53. The van der Waals surface area contributed by atoms with Gasteiger partial charge in [0, 0.05) is 13.1 Å². The number of urea groups is 1. The Labute approximate surface area is 179 Å². The zero-order valence-corrected chi connectivity index (χ0v) is 17.2. The van der Waals surface area contributed by atoms with Crippen molar-refractivity contribution < 1.29 is 19.2 Å². The lowest BCUT2D eigenvalue weighted by atomic mass is 9.92. The monoisotopic (exact) mass is 418 g/mol. The fraction of sp³-hybridized carbons (Fsp3) is 0.217. The van der Waals surface area contributed by atoms with Crippen LogP contribution in [-0.4, -0.2) is 33.7 Å². The summed E-state index contributed by atoms with van der Waals surface area (Å²) in [5.41, 5.74) is 3.47. The van der Waals surface area contributed by atoms with Gasteiger partial charge in [-0.15, -0.1) is 0 Å². The molecule has 8 nitrogen and oxygen atoms in total. The molecule has 0 aromatic heterocycles. The van der Waals surface area contributed by atoms with E-state index in [9.17, 15) is 19.2 Å². The number of carbonyl (C=O) groups excluding carboxylic acids is 4. The molecule has 2 aromatic carbocycles. The van der Waals surface area contributed by atoms with Crippen LogP contribution < -0.4 is 10.7 Å². The van der Waals surface area contributed by atoms with Crippen LogP contribution in [0.15, 0.2) is 60.8 Å². The van der Waals surface area contributed by atoms with E-state index in [-0.39, 0.29) is 12.3 Å². The van der Waals surface area contributed by atoms with Gasteiger partial charge in [-0.05, 0) is 29.7 Å². The fourth-order valence-corrected chi connectivity index (χ4v) is 3.97. The lowest BCUT2D eigenvalue weighted by Gasteiger charge is -2.32. The maximum absolute atomic E-state index is 13.0. The van der Waals surface area contributed by atoms with Crippen LogP contribution >= 0.6 is 0 Å². The molecule has 1 saturated heterocycles. The minimum Gasteiger partial charge on any atom is -0.318 e. The molecule has 4 rings (SSSR count). The number of fused-ring (bicyclic) bond motifs is 1. The Morgan fingerprint density at radius 2 is 1.74 bits per heavy atom. The van der Waals surface area contributed by atoms with Crippen molar-refractivity contribution in [2.45, 2.75) is 31.8 Å². The van der Waals surface area contributed by atoms with E-state index in [4.69, 9.17) is 0 Å². The van der Waals surface area contributed by atoms with Crippen molar-refractivity contribution in [2.75, 3.05) is 0 Å². The van der Waals surface area contributed by atoms with Crippen LogP contribution in [0, 0.1) is 0 Å². The van der Waals surface area contributed by atoms with E-state index in [1.807, 2.05) is 36.4 Å². The molecular weight excluding hydrogens is 396 g/mol. The van der Waals surface area contributed by atoms with Crippen LogP contribution in [0.4, 0.5) is 4.79 Å². The molecule has 2 aliphatic heterocycles. The average molecular weight is 418 g/mol. The first-order valence-electron chi connectivity index (χ1n) is 9.89. The van der Waals surface area contributed by atoms with Gasteiger partial charge in [0.1, 0.15) is 5.54 Å². The van der Waals surface area contributed by atoms with Gasteiger partial charge in [-0.25, -0.2) is 4.79 Å². The second-order valence-corrected chi connectivity index (χ2v) is 7.69. The van der Waals surface area contributed by atoms with E-state index in [0.29, 0.717) is 10.6 Å². The van der Waals surface area contributed by atoms with E-state index in [1.165, 1.54) is 11.8 Å². The number of benzene rings is 2. The number of nitrogens with one attached hydrogen (secondary N) is 2. The first-order chi connectivity index (χ1) is 14.8. The highest BCUT2D eigenvalue weighted by molar-refractivity contribution is 6.08. The lowest BCUT2D eigenvalue weighted by Crippen LogP contribution is -2.48. The van der Waals surface area contributed by atoms with Gasteiger partial charge in [-0.2, -0.15) is 5.01 Å². The summed E-state index contributed by atoms with van der Waals surface area (Å²) in [4.78, 5) is 51.9. The first-order valence-corrected chi connectivity index (χ1v) is 9.89. The van der Waals surface area contributed by atoms with E-state index < -0.39 is 29.4 Å². The summed E-state index contributed by atoms with van der Waals surface area (Å²) in [6.07, 6.45) is 3.34. The Kier molecular flexibility index (Phi) is 5.06. The molecule has 0 saturated carbocycles. The van der Waals surface area contributed by atoms with Crippen molar-refractivity contribution in [3.63, 3.8) is 0 Å². The van der Waals surface area contributed by atoms with Crippen molar-refractivity contribution in [2.24, 2.45) is 0 Å². The smallest absolute Gasteiger partial charge is 0.318 e. The standard InChI is InChI=1S/C23H22N4O4/c1-15(28)26-13-12-16-8-6-7-11-18(16)19(26)14-20(29)25-27-21(30)23(2,24-22(27)31)17-9-4-3-5-10-17/h3-13,19H,14H2,1-2H3,(H,24,31)(H,25,29). The SMILES string of the molecule is CC(=O)N1C=Cc2ccccc2C1CC(=O)NN1C(=O)NC(C)(c2ccccc2)C1=O. The molecule has 0 bridgehead atoms. The number of hydrogen-bond acceptors (Lipinski definition) is 4. The average Bonchev–Trinajstić information content (AvgIpc) is 2.98. The van der Waals surface area contributed by atoms with Gasteiger partial charge in [0.15, 0.2) is 0 Å². The molecular formula is C23H22N4O4. The summed E-state index contributed by atoms with van der Waals surface area (Å²) >= 11 is 0. The van der Waals surface area contributed by atoms with Crippen LogP contribution in [0.5, 0.6) is 0 Å². The van der Waals surface area contributed by atoms with Crippen LogP contribution in [-0.2, 0) is 19.9 Å². The molecule has 0 aliphatic carbocycles. The minimum atomic E-state index is -1.28. The number of nitrogens with zero attached hydrogens (tertiary/aromatic N) is 2. The molecule has 2 N–H and O–H groups in total. The molecule has 158 valence electrons. The van der Waals surface area contributed by atoms with E-state index >= 15 is 0 Å². The highest BCUT2D eigenvalue weighted by atomic mass is 16.2. The zero-order chi connectivity index (χ0) is 22.2. The Hall–Kier alpha value is -3.94. The summed E-state index contributed by atoms with van der Waals surface area (Å²) in [5, 5.41) is 3.35. The second-order valence-electron chi connectivity index (χ2n) is 7.69. The van der Waals surface area contributed by atoms with Gasteiger partial charge in [0.05, 0.1) is 12.5 Å². The van der Waals surface area contributed by atoms with Crippen molar-refractivity contribution in [3.8, 4) is 0 Å². The largest absolute Gasteiger partial charge is 0.344 e. The third-order valence-corrected chi connectivity index (χ3v) is 5.63. The highest BCUT2D eigenvalue weighted by Crippen LogP contribution is 2.33. The van der Waals surface area contributed by atoms with Crippen molar-refractivity contribution in [3.05, 3.63) is 77.5 Å². The molecule has 2 aliphatic rings. The number of hydrazine groups is 1. The normalized spacial score (nSPS) is 22.2. The Morgan fingerprint density at radius 3 is 2.45 bits per heavy atom. The summed E-state index contributed by atoms with van der Waals surface area (Å²) in [6.45, 7) is 3.01. The molecule has 0 radical (unpaired) electrons. The van der Waals surface area contributed by atoms with Gasteiger partial charge in [-0.3, -0.25) is 19.8 Å². The zero-order valence-electron chi connectivity index (χ0n) is 17.2. The quantitative estimate of drug-likeness (QED) is 0.745. The summed E-state index contributed by atoms with van der Waals surface area (Å²) in [5.74, 6) is -1.35. The highest BCUT2D eigenvalue weighted by Gasteiger charge is 2.50. The van der Waals surface area contributed by atoms with Crippen LogP contribution in [0.3, 0.4) is 0 Å². The van der Waals surface area contributed by atoms with E-state index in [1.54, 1.807) is 37.4 Å². The van der Waals surface area contributed by atoms with Crippen molar-refractivity contribution in [1.29, 1.82) is 0 Å². The number of imide groups is 1. The predicted molar refractivity (Wildman–Crippen MR) is 113 cm³/mol. The summed E-state index contributed by atoms with van der Waals surface area (Å²) in [6, 6.07) is 15.0. The maximum Gasteiger partial charge on any atom is 0.344 e. The molecule has 1 fully saturated rings. The first kappa shape index (κ1) is 20.3. The summed E-state index contributed by atoms with van der Waals surface area (Å²) in [7, 11) is 0. The predicted octanol–water partition coefficient (Wildman–Crippen LogP) is 2.45. The number of rotatable bonds is 4. The van der Waals surface area contributed by atoms with Gasteiger partial charge < -0.3 is 10.2 Å². The van der Waals surface area contributed by atoms with E-state index in [0.717, 1.165) is 11.1 Å². The molecule has 2 aromatic rings. The van der Waals surface area contributed by atoms with Crippen LogP contribution in [0.1, 0.15) is 43.0 Å². The van der Waals surface area contributed by atoms with Gasteiger partial charge in [-0.1, -0.05) is 54.6 Å². The van der Waals surface area contributed by atoms with Gasteiger partial charge >= 0.3 is 6.03 Å². The fourth-order valence-electron chi connectivity index (χ4n) is 3.97. The molecule has 2 atom stereocenters. The van der Waals surface area contributed by atoms with Crippen LogP contribution in [0.2, 0.25) is 0 Å². The van der Waals surface area contributed by atoms with Crippen molar-refractivity contribution in [1.82, 2.24) is 20.7 Å². The van der Waals surface area contributed by atoms with Gasteiger partial charge in [0.2, 0.25) is 11.8 Å². The number of carbonyl (C=O) groups is 4. The molecule has 8 heteroatoms. The van der Waals surface area contributed by atoms with Crippen LogP contribution in [0.25, 0.3) is 6.08 Å². The Morgan fingerprint density at radius 1 is 1.06 bits per heavy atom. The topological polar surface area (TPSA) is 98.8 Å². The molecule has 31 heavy (non-hydrogen) atoms. The van der Waals surface area contributed by atoms with E-state index in [2.05, 4.69) is 10.7 Å². The molecule has 2 unspecified atom stereocenters. The molecule has 5 amide bonds. The lowest BCUT2D eigenvalue weighted by molar-refractivity contribution is -0.140. The maximum atomic E-state index is 13.0. The summed E-state index contributed by atoms with van der Waals surface area (Å²) < 4.78 is 0. The third kappa shape index (κ3) is 3.56. The molecule has 2 heterocycles. The molecule has 0 spiro atoms. The minimum absolute atomic E-state index is 0.111.